The monoisotopic (exact) mass is 313 g/mol. The molecule has 0 atom stereocenters. The van der Waals surface area contributed by atoms with Crippen molar-refractivity contribution >= 4 is 21.9 Å². The number of carbonyl (C=O) groups excluding carboxylic acids is 1. The smallest absolute Gasteiger partial charge is 0.343 e. The molecule has 0 N–H and O–H groups in total. The number of carbonyl (C=O) groups is 1. The molecule has 94 valence electrons. The van der Waals surface area contributed by atoms with E-state index >= 15 is 0 Å². The lowest BCUT2D eigenvalue weighted by Gasteiger charge is -2.03. The fraction of sp³-hybridized carbons (Fsp3) is 0.167. The van der Waals surface area contributed by atoms with E-state index in [4.69, 9.17) is 4.52 Å². The molecule has 0 aliphatic carbocycles. The standard InChI is InChI=1S/C12H9BrFNO3/c1-6-9(12(16)17-2)11(15-18-6)7-4-3-5-8(14)10(7)13/h3-5H,1-2H3. The number of benzene rings is 1. The van der Waals surface area contributed by atoms with Gasteiger partial charge in [0, 0.05) is 5.56 Å². The van der Waals surface area contributed by atoms with Crippen LogP contribution in [-0.2, 0) is 4.74 Å². The Bertz CT molecular complexity index is 609. The van der Waals surface area contributed by atoms with Crippen LogP contribution in [0, 0.1) is 12.7 Å². The lowest BCUT2D eigenvalue weighted by atomic mass is 10.1. The van der Waals surface area contributed by atoms with Gasteiger partial charge in [-0.1, -0.05) is 17.3 Å². The Kier molecular flexibility index (Phi) is 3.47. The van der Waals surface area contributed by atoms with Crippen LogP contribution in [0.15, 0.2) is 27.2 Å². The van der Waals surface area contributed by atoms with Crippen molar-refractivity contribution < 1.29 is 18.4 Å². The van der Waals surface area contributed by atoms with Gasteiger partial charge in [0.05, 0.1) is 11.6 Å². The molecule has 0 fully saturated rings. The highest BCUT2D eigenvalue weighted by atomic mass is 79.9. The minimum atomic E-state index is -0.570. The van der Waals surface area contributed by atoms with Crippen molar-refractivity contribution in [1.82, 2.24) is 5.16 Å². The average molecular weight is 314 g/mol. The van der Waals surface area contributed by atoms with E-state index in [1.807, 2.05) is 0 Å². The molecule has 0 aliphatic heterocycles. The third-order valence-corrected chi connectivity index (χ3v) is 3.26. The van der Waals surface area contributed by atoms with Crippen LogP contribution in [-0.4, -0.2) is 18.2 Å². The van der Waals surface area contributed by atoms with E-state index in [0.29, 0.717) is 11.3 Å². The molecule has 2 aromatic rings. The van der Waals surface area contributed by atoms with Crippen molar-refractivity contribution in [1.29, 1.82) is 0 Å². The first-order chi connectivity index (χ1) is 8.56. The number of ether oxygens (including phenoxy) is 1. The molecule has 0 spiro atoms. The Balaban J connectivity index is 2.65. The average Bonchev–Trinajstić information content (AvgIpc) is 2.73. The second-order valence-corrected chi connectivity index (χ2v) is 4.35. The van der Waals surface area contributed by atoms with Crippen LogP contribution in [0.2, 0.25) is 0 Å². The van der Waals surface area contributed by atoms with Gasteiger partial charge in [0.1, 0.15) is 22.8 Å². The highest BCUT2D eigenvalue weighted by Gasteiger charge is 2.24. The molecule has 2 rings (SSSR count). The first-order valence-corrected chi connectivity index (χ1v) is 5.84. The molecule has 0 unspecified atom stereocenters. The van der Waals surface area contributed by atoms with Crippen LogP contribution in [0.5, 0.6) is 0 Å². The van der Waals surface area contributed by atoms with Crippen LogP contribution in [0.3, 0.4) is 0 Å². The largest absolute Gasteiger partial charge is 0.465 e. The molecule has 0 aliphatic rings. The van der Waals surface area contributed by atoms with Crippen LogP contribution in [0.1, 0.15) is 16.1 Å². The lowest BCUT2D eigenvalue weighted by molar-refractivity contribution is 0.0599. The minimum absolute atomic E-state index is 0.198. The maximum Gasteiger partial charge on any atom is 0.343 e. The predicted octanol–water partition coefficient (Wildman–Crippen LogP) is 3.34. The first kappa shape index (κ1) is 12.8. The van der Waals surface area contributed by atoms with Crippen molar-refractivity contribution in [3.8, 4) is 11.3 Å². The van der Waals surface area contributed by atoms with Crippen LogP contribution in [0.25, 0.3) is 11.3 Å². The molecule has 0 saturated carbocycles. The summed E-state index contributed by atoms with van der Waals surface area (Å²) in [5, 5.41) is 3.78. The van der Waals surface area contributed by atoms with Gasteiger partial charge in [0.15, 0.2) is 0 Å². The minimum Gasteiger partial charge on any atom is -0.465 e. The summed E-state index contributed by atoms with van der Waals surface area (Å²) in [7, 11) is 1.26. The summed E-state index contributed by atoms with van der Waals surface area (Å²) in [6, 6.07) is 4.47. The number of hydrogen-bond acceptors (Lipinski definition) is 4. The van der Waals surface area contributed by atoms with Gasteiger partial charge < -0.3 is 9.26 Å². The number of esters is 1. The molecule has 1 heterocycles. The van der Waals surface area contributed by atoms with Crippen molar-refractivity contribution in [2.75, 3.05) is 7.11 Å². The predicted molar refractivity (Wildman–Crippen MR) is 65.7 cm³/mol. The molecular formula is C12H9BrFNO3. The molecular weight excluding hydrogens is 305 g/mol. The zero-order chi connectivity index (χ0) is 13.3. The third kappa shape index (κ3) is 2.03. The molecule has 0 amide bonds. The maximum absolute atomic E-state index is 13.5. The number of methoxy groups -OCH3 is 1. The van der Waals surface area contributed by atoms with Gasteiger partial charge in [-0.25, -0.2) is 9.18 Å². The van der Waals surface area contributed by atoms with Gasteiger partial charge in [-0.3, -0.25) is 0 Å². The second-order valence-electron chi connectivity index (χ2n) is 3.56. The molecule has 0 radical (unpaired) electrons. The van der Waals surface area contributed by atoms with Gasteiger partial charge in [-0.15, -0.1) is 0 Å². The van der Waals surface area contributed by atoms with Gasteiger partial charge in [-0.2, -0.15) is 0 Å². The Morgan fingerprint density at radius 3 is 2.89 bits per heavy atom. The van der Waals surface area contributed by atoms with Gasteiger partial charge in [-0.05, 0) is 28.9 Å². The van der Waals surface area contributed by atoms with Crippen LogP contribution < -0.4 is 0 Å². The third-order valence-electron chi connectivity index (χ3n) is 2.46. The van der Waals surface area contributed by atoms with E-state index in [0.717, 1.165) is 0 Å². The van der Waals surface area contributed by atoms with Crippen LogP contribution >= 0.6 is 15.9 Å². The SMILES string of the molecule is COC(=O)c1c(-c2cccc(F)c2Br)noc1C. The fourth-order valence-corrected chi connectivity index (χ4v) is 2.04. The van der Waals surface area contributed by atoms with Gasteiger partial charge >= 0.3 is 5.97 Å². The Labute approximate surface area is 111 Å². The van der Waals surface area contributed by atoms with Crippen molar-refractivity contribution in [2.24, 2.45) is 0 Å². The maximum atomic E-state index is 13.5. The van der Waals surface area contributed by atoms with Crippen LogP contribution in [0.4, 0.5) is 4.39 Å². The quantitative estimate of drug-likeness (QED) is 0.798. The van der Waals surface area contributed by atoms with Gasteiger partial charge in [0.2, 0.25) is 0 Å². The molecule has 1 aromatic carbocycles. The summed E-state index contributed by atoms with van der Waals surface area (Å²) < 4.78 is 23.3. The summed E-state index contributed by atoms with van der Waals surface area (Å²) in [6.45, 7) is 1.59. The lowest BCUT2D eigenvalue weighted by Crippen LogP contribution is -2.04. The Morgan fingerprint density at radius 1 is 1.50 bits per heavy atom. The first-order valence-electron chi connectivity index (χ1n) is 5.05. The number of rotatable bonds is 2. The normalized spacial score (nSPS) is 10.4. The summed E-state index contributed by atoms with van der Waals surface area (Å²) in [6.07, 6.45) is 0. The fourth-order valence-electron chi connectivity index (χ4n) is 1.59. The van der Waals surface area contributed by atoms with E-state index in [1.165, 1.54) is 19.2 Å². The summed E-state index contributed by atoms with van der Waals surface area (Å²) >= 11 is 3.12. The Hall–Kier alpha value is -1.69. The van der Waals surface area contributed by atoms with E-state index in [-0.39, 0.29) is 15.7 Å². The summed E-state index contributed by atoms with van der Waals surface area (Å²) in [5.41, 5.74) is 0.891. The van der Waals surface area contributed by atoms with E-state index in [2.05, 4.69) is 25.8 Å². The van der Waals surface area contributed by atoms with Crippen molar-refractivity contribution in [2.45, 2.75) is 6.92 Å². The molecule has 1 aromatic heterocycles. The number of nitrogens with zero attached hydrogens (tertiary/aromatic N) is 1. The van der Waals surface area contributed by atoms with E-state index in [9.17, 15) is 9.18 Å². The molecule has 4 nitrogen and oxygen atoms in total. The molecule has 18 heavy (non-hydrogen) atoms. The number of aromatic nitrogens is 1. The highest BCUT2D eigenvalue weighted by molar-refractivity contribution is 9.10. The summed E-state index contributed by atoms with van der Waals surface area (Å²) in [4.78, 5) is 11.7. The van der Waals surface area contributed by atoms with E-state index < -0.39 is 11.8 Å². The zero-order valence-corrected chi connectivity index (χ0v) is 11.2. The zero-order valence-electron chi connectivity index (χ0n) is 9.66. The molecule has 0 bridgehead atoms. The van der Waals surface area contributed by atoms with Gasteiger partial charge in [0.25, 0.3) is 0 Å². The molecule has 6 heteroatoms. The number of aryl methyl sites for hydroxylation is 1. The van der Waals surface area contributed by atoms with Crippen molar-refractivity contribution in [3.63, 3.8) is 0 Å². The second kappa shape index (κ2) is 4.89. The molecule has 0 saturated heterocycles. The van der Waals surface area contributed by atoms with Crippen molar-refractivity contribution in [3.05, 3.63) is 39.8 Å². The number of halogens is 2. The summed E-state index contributed by atoms with van der Waals surface area (Å²) in [5.74, 6) is -0.683. The topological polar surface area (TPSA) is 52.3 Å². The Morgan fingerprint density at radius 2 is 2.22 bits per heavy atom. The number of hydrogen-bond donors (Lipinski definition) is 0. The highest BCUT2D eigenvalue weighted by Crippen LogP contribution is 2.33. The van der Waals surface area contributed by atoms with E-state index in [1.54, 1.807) is 13.0 Å².